The lowest BCUT2D eigenvalue weighted by atomic mass is 10.1. The third kappa shape index (κ3) is 5.43. The molecule has 9 heteroatoms. The van der Waals surface area contributed by atoms with E-state index in [9.17, 15) is 9.59 Å². The number of amides is 2. The van der Waals surface area contributed by atoms with Crippen LogP contribution in [-0.2, 0) is 11.3 Å². The summed E-state index contributed by atoms with van der Waals surface area (Å²) in [5.74, 6) is 0.727. The molecule has 0 saturated heterocycles. The number of thioether (sulfide) groups is 1. The van der Waals surface area contributed by atoms with Gasteiger partial charge in [-0.05, 0) is 44.5 Å². The highest BCUT2D eigenvalue weighted by Crippen LogP contribution is 2.26. The number of primary amides is 1. The molecule has 3 N–H and O–H groups in total. The van der Waals surface area contributed by atoms with Crippen LogP contribution in [0.4, 0.5) is 5.69 Å². The monoisotopic (exact) mass is 439 g/mol. The lowest BCUT2D eigenvalue weighted by molar-refractivity contribution is -0.113. The van der Waals surface area contributed by atoms with Gasteiger partial charge in [-0.25, -0.2) is 0 Å². The molecule has 2 amide bonds. The Morgan fingerprint density at radius 2 is 1.87 bits per heavy atom. The van der Waals surface area contributed by atoms with Crippen LogP contribution in [0, 0.1) is 6.92 Å². The number of benzene rings is 2. The third-order valence-corrected chi connectivity index (χ3v) is 5.59. The first-order valence-corrected chi connectivity index (χ1v) is 10.9. The molecule has 0 fully saturated rings. The minimum Gasteiger partial charge on any atom is -0.482 e. The molecule has 0 aliphatic carbocycles. The first-order chi connectivity index (χ1) is 14.9. The van der Waals surface area contributed by atoms with Crippen molar-refractivity contribution in [3.8, 4) is 5.75 Å². The Labute approximate surface area is 185 Å². The predicted octanol–water partition coefficient (Wildman–Crippen LogP) is 3.58. The maximum atomic E-state index is 12.4. The highest BCUT2D eigenvalue weighted by Gasteiger charge is 2.20. The summed E-state index contributed by atoms with van der Waals surface area (Å²) in [6.07, 6.45) is -0.306. The molecule has 1 aromatic heterocycles. The van der Waals surface area contributed by atoms with Gasteiger partial charge in [0.25, 0.3) is 5.91 Å². The standard InChI is InChI=1S/C22H25N5O3S/c1-4-27-21(15(3)30-18-12-8-5-9-14(18)2)25-26-22(27)31-13-19(28)24-17-11-7-6-10-16(17)20(23)29/h5-12,15H,4,13H2,1-3H3,(H2,23,29)(H,24,28). The van der Waals surface area contributed by atoms with Gasteiger partial charge in [0.15, 0.2) is 17.1 Å². The van der Waals surface area contributed by atoms with Gasteiger partial charge in [0.05, 0.1) is 17.0 Å². The number of ether oxygens (including phenoxy) is 1. The number of para-hydroxylation sites is 2. The molecule has 0 aliphatic heterocycles. The number of aromatic nitrogens is 3. The molecular formula is C22H25N5O3S. The quantitative estimate of drug-likeness (QED) is 0.493. The Morgan fingerprint density at radius 1 is 1.16 bits per heavy atom. The fourth-order valence-corrected chi connectivity index (χ4v) is 3.87. The summed E-state index contributed by atoms with van der Waals surface area (Å²) in [5, 5.41) is 11.9. The normalized spacial score (nSPS) is 11.7. The van der Waals surface area contributed by atoms with Crippen molar-refractivity contribution in [2.45, 2.75) is 38.6 Å². The summed E-state index contributed by atoms with van der Waals surface area (Å²) >= 11 is 1.27. The van der Waals surface area contributed by atoms with Crippen LogP contribution in [0.2, 0.25) is 0 Å². The van der Waals surface area contributed by atoms with E-state index in [1.165, 1.54) is 11.8 Å². The van der Waals surface area contributed by atoms with Gasteiger partial charge >= 0.3 is 0 Å². The van der Waals surface area contributed by atoms with E-state index in [0.29, 0.717) is 23.2 Å². The van der Waals surface area contributed by atoms with E-state index < -0.39 is 5.91 Å². The van der Waals surface area contributed by atoms with Gasteiger partial charge in [0, 0.05) is 6.54 Å². The van der Waals surface area contributed by atoms with Crippen molar-refractivity contribution >= 4 is 29.3 Å². The number of carbonyl (C=O) groups is 2. The lowest BCUT2D eigenvalue weighted by Crippen LogP contribution is -2.19. The number of nitrogens with zero attached hydrogens (tertiary/aromatic N) is 3. The van der Waals surface area contributed by atoms with Crippen molar-refractivity contribution in [3.05, 3.63) is 65.5 Å². The summed E-state index contributed by atoms with van der Waals surface area (Å²) in [5.41, 5.74) is 7.05. The first-order valence-electron chi connectivity index (χ1n) is 9.87. The minimum absolute atomic E-state index is 0.109. The van der Waals surface area contributed by atoms with E-state index >= 15 is 0 Å². The summed E-state index contributed by atoms with van der Waals surface area (Å²) in [6.45, 7) is 6.53. The largest absolute Gasteiger partial charge is 0.482 e. The van der Waals surface area contributed by atoms with Crippen LogP contribution >= 0.6 is 11.8 Å². The summed E-state index contributed by atoms with van der Waals surface area (Å²) in [6, 6.07) is 14.4. The molecule has 0 aliphatic rings. The molecule has 1 atom stereocenters. The summed E-state index contributed by atoms with van der Waals surface area (Å²) in [7, 11) is 0. The lowest BCUT2D eigenvalue weighted by Gasteiger charge is -2.17. The maximum absolute atomic E-state index is 12.4. The van der Waals surface area contributed by atoms with E-state index in [4.69, 9.17) is 10.5 Å². The van der Waals surface area contributed by atoms with E-state index in [1.54, 1.807) is 24.3 Å². The zero-order chi connectivity index (χ0) is 22.4. The SMILES string of the molecule is CCn1c(SCC(=O)Nc2ccccc2C(N)=O)nnc1C(C)Oc1ccccc1C. The van der Waals surface area contributed by atoms with Crippen LogP contribution in [0.15, 0.2) is 53.7 Å². The molecule has 31 heavy (non-hydrogen) atoms. The molecule has 3 aromatic rings. The molecular weight excluding hydrogens is 414 g/mol. The number of carbonyl (C=O) groups excluding carboxylic acids is 2. The minimum atomic E-state index is -0.596. The Kier molecular flexibility index (Phi) is 7.30. The smallest absolute Gasteiger partial charge is 0.250 e. The first kappa shape index (κ1) is 22.4. The molecule has 0 radical (unpaired) electrons. The highest BCUT2D eigenvalue weighted by molar-refractivity contribution is 7.99. The van der Waals surface area contributed by atoms with Gasteiger partial charge in [-0.2, -0.15) is 0 Å². The van der Waals surface area contributed by atoms with E-state index in [1.807, 2.05) is 49.6 Å². The molecule has 2 aromatic carbocycles. The van der Waals surface area contributed by atoms with Crippen molar-refractivity contribution < 1.29 is 14.3 Å². The number of nitrogens with two attached hydrogens (primary N) is 1. The molecule has 0 bridgehead atoms. The van der Waals surface area contributed by atoms with Crippen molar-refractivity contribution in [2.75, 3.05) is 11.1 Å². The van der Waals surface area contributed by atoms with Crippen molar-refractivity contribution in [1.82, 2.24) is 14.8 Å². The predicted molar refractivity (Wildman–Crippen MR) is 120 cm³/mol. The number of hydrogen-bond donors (Lipinski definition) is 2. The van der Waals surface area contributed by atoms with Gasteiger partial charge in [0.1, 0.15) is 5.75 Å². The Hall–Kier alpha value is -3.33. The Bertz CT molecular complexity index is 1080. The zero-order valence-corrected chi connectivity index (χ0v) is 18.5. The van der Waals surface area contributed by atoms with Crippen LogP contribution < -0.4 is 15.8 Å². The summed E-state index contributed by atoms with van der Waals surface area (Å²) in [4.78, 5) is 23.9. The fourth-order valence-electron chi connectivity index (χ4n) is 3.06. The average Bonchev–Trinajstić information content (AvgIpc) is 3.17. The number of rotatable bonds is 9. The van der Waals surface area contributed by atoms with Gasteiger partial charge in [-0.3, -0.25) is 9.59 Å². The van der Waals surface area contributed by atoms with Crippen LogP contribution in [-0.4, -0.2) is 32.3 Å². The van der Waals surface area contributed by atoms with Gasteiger partial charge in [-0.15, -0.1) is 10.2 Å². The molecule has 0 saturated carbocycles. The second-order valence-corrected chi connectivity index (χ2v) is 7.80. The van der Waals surface area contributed by atoms with E-state index in [0.717, 1.165) is 11.3 Å². The van der Waals surface area contributed by atoms with Gasteiger partial charge < -0.3 is 20.4 Å². The number of aryl methyl sites for hydroxylation is 1. The van der Waals surface area contributed by atoms with Gasteiger partial charge in [0.2, 0.25) is 5.91 Å². The maximum Gasteiger partial charge on any atom is 0.250 e. The average molecular weight is 440 g/mol. The van der Waals surface area contributed by atoms with E-state index in [-0.39, 0.29) is 23.3 Å². The molecule has 1 heterocycles. The highest BCUT2D eigenvalue weighted by atomic mass is 32.2. The van der Waals surface area contributed by atoms with Crippen LogP contribution in [0.25, 0.3) is 0 Å². The molecule has 8 nitrogen and oxygen atoms in total. The second-order valence-electron chi connectivity index (χ2n) is 6.86. The van der Waals surface area contributed by atoms with Crippen molar-refractivity contribution in [2.24, 2.45) is 5.73 Å². The topological polar surface area (TPSA) is 112 Å². The Morgan fingerprint density at radius 3 is 2.58 bits per heavy atom. The van der Waals surface area contributed by atoms with Crippen molar-refractivity contribution in [1.29, 1.82) is 0 Å². The molecule has 0 spiro atoms. The van der Waals surface area contributed by atoms with Crippen molar-refractivity contribution in [3.63, 3.8) is 0 Å². The Balaban J connectivity index is 1.66. The van der Waals surface area contributed by atoms with E-state index in [2.05, 4.69) is 15.5 Å². The second kappa shape index (κ2) is 10.1. The zero-order valence-electron chi connectivity index (χ0n) is 17.7. The molecule has 162 valence electrons. The number of nitrogens with one attached hydrogen (secondary N) is 1. The molecule has 3 rings (SSSR count). The van der Waals surface area contributed by atoms with Gasteiger partial charge in [-0.1, -0.05) is 42.1 Å². The van der Waals surface area contributed by atoms with Crippen LogP contribution in [0.5, 0.6) is 5.75 Å². The van der Waals surface area contributed by atoms with Crippen LogP contribution in [0.3, 0.4) is 0 Å². The van der Waals surface area contributed by atoms with Crippen LogP contribution in [0.1, 0.15) is 41.7 Å². The number of anilines is 1. The number of hydrogen-bond acceptors (Lipinski definition) is 6. The summed E-state index contributed by atoms with van der Waals surface area (Å²) < 4.78 is 8.00. The third-order valence-electron chi connectivity index (χ3n) is 4.62. The fraction of sp³-hybridized carbons (Fsp3) is 0.273. The molecule has 1 unspecified atom stereocenters.